The van der Waals surface area contributed by atoms with Gasteiger partial charge in [-0.1, -0.05) is 0 Å². The number of nitrogens with zero attached hydrogens (tertiary/aromatic N) is 1. The summed E-state index contributed by atoms with van der Waals surface area (Å²) < 4.78 is 16.1. The van der Waals surface area contributed by atoms with E-state index in [1.807, 2.05) is 0 Å². The SMILES string of the molecule is CO[Si](CCCNC(C)CN(C)C)(OC)OC. The average molecular weight is 264 g/mol. The van der Waals surface area contributed by atoms with E-state index in [2.05, 4.69) is 31.2 Å². The lowest BCUT2D eigenvalue weighted by Crippen LogP contribution is -2.43. The van der Waals surface area contributed by atoms with E-state index in [0.717, 1.165) is 25.6 Å². The third-order valence-electron chi connectivity index (χ3n) is 2.72. The van der Waals surface area contributed by atoms with Crippen LogP contribution in [0.1, 0.15) is 13.3 Å². The van der Waals surface area contributed by atoms with Gasteiger partial charge in [-0.15, -0.1) is 0 Å². The minimum Gasteiger partial charge on any atom is -0.377 e. The zero-order chi connectivity index (χ0) is 13.3. The van der Waals surface area contributed by atoms with Crippen molar-refractivity contribution in [1.29, 1.82) is 0 Å². The highest BCUT2D eigenvalue weighted by atomic mass is 28.4. The molecule has 0 fully saturated rings. The van der Waals surface area contributed by atoms with Crippen molar-refractivity contribution in [2.24, 2.45) is 0 Å². The van der Waals surface area contributed by atoms with E-state index >= 15 is 0 Å². The Morgan fingerprint density at radius 1 is 1.12 bits per heavy atom. The van der Waals surface area contributed by atoms with Crippen molar-refractivity contribution in [1.82, 2.24) is 10.2 Å². The molecule has 0 amide bonds. The second-order valence-corrected chi connectivity index (χ2v) is 7.61. The second kappa shape index (κ2) is 9.01. The Bertz CT molecular complexity index is 181. The molecule has 6 heteroatoms. The van der Waals surface area contributed by atoms with Crippen LogP contribution in [0.25, 0.3) is 0 Å². The van der Waals surface area contributed by atoms with Crippen molar-refractivity contribution in [2.75, 3.05) is 48.5 Å². The quantitative estimate of drug-likeness (QED) is 0.467. The van der Waals surface area contributed by atoms with Crippen molar-refractivity contribution in [3.8, 4) is 0 Å². The molecule has 0 radical (unpaired) electrons. The van der Waals surface area contributed by atoms with Crippen LogP contribution in [0.2, 0.25) is 6.04 Å². The van der Waals surface area contributed by atoms with Crippen molar-refractivity contribution >= 4 is 8.80 Å². The molecule has 1 N–H and O–H groups in total. The van der Waals surface area contributed by atoms with Crippen LogP contribution in [0.5, 0.6) is 0 Å². The van der Waals surface area contributed by atoms with Gasteiger partial charge in [0.05, 0.1) is 0 Å². The molecule has 1 atom stereocenters. The Hall–Kier alpha value is 0.0169. The highest BCUT2D eigenvalue weighted by Gasteiger charge is 2.36. The van der Waals surface area contributed by atoms with Gasteiger partial charge in [0.1, 0.15) is 0 Å². The fourth-order valence-electron chi connectivity index (χ4n) is 1.82. The lowest BCUT2D eigenvalue weighted by atomic mass is 10.3. The van der Waals surface area contributed by atoms with Gasteiger partial charge in [0, 0.05) is 40.0 Å². The standard InChI is InChI=1S/C11H28N2O3Si/c1-11(10-13(2)3)12-8-7-9-17(14-4,15-5)16-6/h11-12H,7-10H2,1-6H3. The molecule has 0 aromatic rings. The molecule has 104 valence electrons. The Balaban J connectivity index is 3.75. The summed E-state index contributed by atoms with van der Waals surface area (Å²) in [5, 5.41) is 3.47. The minimum absolute atomic E-state index is 0.494. The van der Waals surface area contributed by atoms with E-state index in [1.165, 1.54) is 0 Å². The lowest BCUT2D eigenvalue weighted by Gasteiger charge is -2.25. The van der Waals surface area contributed by atoms with Crippen molar-refractivity contribution in [3.63, 3.8) is 0 Å². The molecule has 0 saturated carbocycles. The first-order valence-electron chi connectivity index (χ1n) is 6.03. The number of likely N-dealkylation sites (N-methyl/N-ethyl adjacent to an activating group) is 1. The second-order valence-electron chi connectivity index (χ2n) is 4.52. The predicted octanol–water partition coefficient (Wildman–Crippen LogP) is 0.794. The molecule has 0 aliphatic rings. The monoisotopic (exact) mass is 264 g/mol. The normalized spacial score (nSPS) is 14.3. The zero-order valence-corrected chi connectivity index (χ0v) is 13.1. The molecule has 0 bridgehead atoms. The van der Waals surface area contributed by atoms with Gasteiger partial charge in [0.2, 0.25) is 0 Å². The number of nitrogens with one attached hydrogen (secondary N) is 1. The van der Waals surface area contributed by atoms with Gasteiger partial charge in [-0.05, 0) is 34.0 Å². The van der Waals surface area contributed by atoms with Gasteiger partial charge in [-0.25, -0.2) is 0 Å². The van der Waals surface area contributed by atoms with E-state index in [0.29, 0.717) is 6.04 Å². The maximum atomic E-state index is 5.37. The van der Waals surface area contributed by atoms with Crippen molar-refractivity contribution in [3.05, 3.63) is 0 Å². The summed E-state index contributed by atoms with van der Waals surface area (Å²) in [5.41, 5.74) is 0. The summed E-state index contributed by atoms with van der Waals surface area (Å²) >= 11 is 0. The molecule has 0 aromatic carbocycles. The zero-order valence-electron chi connectivity index (χ0n) is 12.1. The Morgan fingerprint density at radius 3 is 2.06 bits per heavy atom. The Labute approximate surface area is 107 Å². The molecule has 17 heavy (non-hydrogen) atoms. The number of hydrogen-bond donors (Lipinski definition) is 1. The van der Waals surface area contributed by atoms with Gasteiger partial charge >= 0.3 is 8.80 Å². The van der Waals surface area contributed by atoms with Crippen LogP contribution in [-0.4, -0.2) is 68.3 Å². The fraction of sp³-hybridized carbons (Fsp3) is 1.00. The first kappa shape index (κ1) is 17.0. The van der Waals surface area contributed by atoms with Crippen LogP contribution in [-0.2, 0) is 13.3 Å². The van der Waals surface area contributed by atoms with Crippen molar-refractivity contribution < 1.29 is 13.3 Å². The molecule has 0 aliphatic heterocycles. The average Bonchev–Trinajstić information content (AvgIpc) is 2.29. The van der Waals surface area contributed by atoms with E-state index in [9.17, 15) is 0 Å². The first-order chi connectivity index (χ1) is 7.99. The van der Waals surface area contributed by atoms with Crippen molar-refractivity contribution in [2.45, 2.75) is 25.4 Å². The summed E-state index contributed by atoms with van der Waals surface area (Å²) in [5.74, 6) is 0. The Kier molecular flexibility index (Phi) is 9.02. The first-order valence-corrected chi connectivity index (χ1v) is 7.96. The minimum atomic E-state index is -2.37. The third-order valence-corrected chi connectivity index (χ3v) is 5.56. The van der Waals surface area contributed by atoms with Gasteiger partial charge in [0.25, 0.3) is 0 Å². The summed E-state index contributed by atoms with van der Waals surface area (Å²) in [6, 6.07) is 1.34. The molecule has 0 saturated heterocycles. The van der Waals surface area contributed by atoms with Gasteiger partial charge in [-0.3, -0.25) is 0 Å². The molecule has 1 unspecified atom stereocenters. The van der Waals surface area contributed by atoms with Crippen LogP contribution >= 0.6 is 0 Å². The van der Waals surface area contributed by atoms with E-state index in [1.54, 1.807) is 21.3 Å². The maximum Gasteiger partial charge on any atom is 0.500 e. The molecule has 0 spiro atoms. The maximum absolute atomic E-state index is 5.37. The molecule has 0 aliphatic carbocycles. The fourth-order valence-corrected chi connectivity index (χ4v) is 3.54. The summed E-state index contributed by atoms with van der Waals surface area (Å²) in [6.07, 6.45) is 1.000. The van der Waals surface area contributed by atoms with Crippen LogP contribution in [0.3, 0.4) is 0 Å². The predicted molar refractivity (Wildman–Crippen MR) is 72.2 cm³/mol. The molecule has 0 aromatic heterocycles. The van der Waals surface area contributed by atoms with E-state index in [4.69, 9.17) is 13.3 Å². The van der Waals surface area contributed by atoms with Gasteiger partial charge < -0.3 is 23.5 Å². The van der Waals surface area contributed by atoms with Crippen LogP contribution in [0, 0.1) is 0 Å². The number of rotatable bonds is 10. The highest BCUT2D eigenvalue weighted by Crippen LogP contribution is 2.14. The summed E-state index contributed by atoms with van der Waals surface area (Å²) in [4.78, 5) is 2.18. The smallest absolute Gasteiger partial charge is 0.377 e. The molecular weight excluding hydrogens is 236 g/mol. The highest BCUT2D eigenvalue weighted by molar-refractivity contribution is 6.60. The molecule has 0 rings (SSSR count). The molecule has 0 heterocycles. The van der Waals surface area contributed by atoms with E-state index < -0.39 is 8.80 Å². The topological polar surface area (TPSA) is 43.0 Å². The molecule has 5 nitrogen and oxygen atoms in total. The van der Waals surface area contributed by atoms with Crippen LogP contribution in [0.15, 0.2) is 0 Å². The number of hydrogen-bond acceptors (Lipinski definition) is 5. The Morgan fingerprint density at radius 2 is 1.65 bits per heavy atom. The largest absolute Gasteiger partial charge is 0.500 e. The third kappa shape index (κ3) is 7.12. The van der Waals surface area contributed by atoms with Gasteiger partial charge in [0.15, 0.2) is 0 Å². The molecular formula is C11H28N2O3Si. The van der Waals surface area contributed by atoms with Crippen LogP contribution < -0.4 is 5.32 Å². The van der Waals surface area contributed by atoms with Crippen LogP contribution in [0.4, 0.5) is 0 Å². The van der Waals surface area contributed by atoms with Gasteiger partial charge in [-0.2, -0.15) is 0 Å². The van der Waals surface area contributed by atoms with E-state index in [-0.39, 0.29) is 0 Å². The lowest BCUT2D eigenvalue weighted by molar-refractivity contribution is 0.123. The summed E-state index contributed by atoms with van der Waals surface area (Å²) in [7, 11) is 6.75. The summed E-state index contributed by atoms with van der Waals surface area (Å²) in [6.45, 7) is 4.19.